The zero-order chi connectivity index (χ0) is 14.5. The minimum Gasteiger partial charge on any atom is -0.337 e. The zero-order valence-corrected chi connectivity index (χ0v) is 12.7. The van der Waals surface area contributed by atoms with Gasteiger partial charge in [0.1, 0.15) is 0 Å². The number of hydrogen-bond donors (Lipinski definition) is 1. The molecule has 0 atom stereocenters. The summed E-state index contributed by atoms with van der Waals surface area (Å²) in [6.45, 7) is 6.95. The highest BCUT2D eigenvalue weighted by Gasteiger charge is 2.18. The van der Waals surface area contributed by atoms with Gasteiger partial charge in [0.2, 0.25) is 0 Å². The number of nitrogens with one attached hydrogen (secondary N) is 1. The molecule has 2 aliphatic rings. The molecule has 0 aromatic heterocycles. The van der Waals surface area contributed by atoms with Crippen molar-refractivity contribution in [2.24, 2.45) is 0 Å². The van der Waals surface area contributed by atoms with Crippen LogP contribution in [0.4, 0.5) is 0 Å². The Morgan fingerprint density at radius 3 is 2.76 bits per heavy atom. The fraction of sp³-hybridized carbons (Fsp3) is 0.588. The second-order valence-electron chi connectivity index (χ2n) is 6.08. The standard InChI is InChI=1S/C17H25N3O/c21-17(20-11-4-7-18-8-12-20)16-6-3-5-15(13-16)14-19-9-1-2-10-19/h3,5-6,13,18H,1-2,4,7-12,14H2. The van der Waals surface area contributed by atoms with Gasteiger partial charge in [0.15, 0.2) is 0 Å². The van der Waals surface area contributed by atoms with Gasteiger partial charge in [0.25, 0.3) is 5.91 Å². The van der Waals surface area contributed by atoms with Crippen molar-refractivity contribution in [3.8, 4) is 0 Å². The molecular formula is C17H25N3O. The van der Waals surface area contributed by atoms with Crippen LogP contribution in [0.1, 0.15) is 35.2 Å². The molecule has 2 saturated heterocycles. The van der Waals surface area contributed by atoms with Crippen LogP contribution in [0.5, 0.6) is 0 Å². The van der Waals surface area contributed by atoms with E-state index in [-0.39, 0.29) is 5.91 Å². The number of carbonyl (C=O) groups is 1. The van der Waals surface area contributed by atoms with E-state index in [1.807, 2.05) is 17.0 Å². The van der Waals surface area contributed by atoms with Crippen molar-refractivity contribution in [3.05, 3.63) is 35.4 Å². The van der Waals surface area contributed by atoms with Crippen molar-refractivity contribution in [3.63, 3.8) is 0 Å². The third-order valence-electron chi connectivity index (χ3n) is 4.41. The van der Waals surface area contributed by atoms with Gasteiger partial charge in [0.05, 0.1) is 0 Å². The topological polar surface area (TPSA) is 35.6 Å². The minimum absolute atomic E-state index is 0.182. The molecule has 2 fully saturated rings. The van der Waals surface area contributed by atoms with E-state index in [1.54, 1.807) is 0 Å². The van der Waals surface area contributed by atoms with Crippen molar-refractivity contribution >= 4 is 5.91 Å². The Labute approximate surface area is 127 Å². The smallest absolute Gasteiger partial charge is 0.253 e. The third-order valence-corrected chi connectivity index (χ3v) is 4.41. The van der Waals surface area contributed by atoms with Crippen molar-refractivity contribution in [1.82, 2.24) is 15.1 Å². The SMILES string of the molecule is O=C(c1cccc(CN2CCCC2)c1)N1CCCNCC1. The second-order valence-corrected chi connectivity index (χ2v) is 6.08. The summed E-state index contributed by atoms with van der Waals surface area (Å²) >= 11 is 0. The lowest BCUT2D eigenvalue weighted by atomic mass is 10.1. The van der Waals surface area contributed by atoms with Gasteiger partial charge in [-0.2, -0.15) is 0 Å². The van der Waals surface area contributed by atoms with E-state index in [1.165, 1.54) is 31.5 Å². The molecule has 2 aliphatic heterocycles. The summed E-state index contributed by atoms with van der Waals surface area (Å²) in [6, 6.07) is 8.20. The number of carbonyl (C=O) groups excluding carboxylic acids is 1. The molecule has 4 heteroatoms. The van der Waals surface area contributed by atoms with Crippen molar-refractivity contribution < 1.29 is 4.79 Å². The predicted molar refractivity (Wildman–Crippen MR) is 84.3 cm³/mol. The van der Waals surface area contributed by atoms with Gasteiger partial charge in [-0.1, -0.05) is 12.1 Å². The number of hydrogen-bond acceptors (Lipinski definition) is 3. The highest BCUT2D eigenvalue weighted by atomic mass is 16.2. The molecule has 0 radical (unpaired) electrons. The molecule has 1 aromatic carbocycles. The number of likely N-dealkylation sites (tertiary alicyclic amines) is 1. The maximum Gasteiger partial charge on any atom is 0.253 e. The normalized spacial score (nSPS) is 20.5. The van der Waals surface area contributed by atoms with E-state index < -0.39 is 0 Å². The molecule has 0 unspecified atom stereocenters. The summed E-state index contributed by atoms with van der Waals surface area (Å²) in [5.41, 5.74) is 2.10. The van der Waals surface area contributed by atoms with Crippen molar-refractivity contribution in [1.29, 1.82) is 0 Å². The fourth-order valence-corrected chi connectivity index (χ4v) is 3.23. The molecule has 2 heterocycles. The van der Waals surface area contributed by atoms with E-state index in [0.717, 1.165) is 44.7 Å². The van der Waals surface area contributed by atoms with Gasteiger partial charge < -0.3 is 10.2 Å². The summed E-state index contributed by atoms with van der Waals surface area (Å²) in [4.78, 5) is 17.1. The van der Waals surface area contributed by atoms with E-state index in [0.29, 0.717) is 0 Å². The number of benzene rings is 1. The Balaban J connectivity index is 1.67. The summed E-state index contributed by atoms with van der Waals surface area (Å²) < 4.78 is 0. The quantitative estimate of drug-likeness (QED) is 0.919. The number of nitrogens with zero attached hydrogens (tertiary/aromatic N) is 2. The largest absolute Gasteiger partial charge is 0.337 e. The van der Waals surface area contributed by atoms with Crippen LogP contribution in [0.3, 0.4) is 0 Å². The molecule has 21 heavy (non-hydrogen) atoms. The van der Waals surface area contributed by atoms with Gasteiger partial charge in [-0.3, -0.25) is 9.69 Å². The summed E-state index contributed by atoms with van der Waals surface area (Å²) in [7, 11) is 0. The Morgan fingerprint density at radius 2 is 1.90 bits per heavy atom. The van der Waals surface area contributed by atoms with Crippen LogP contribution < -0.4 is 5.32 Å². The predicted octanol–water partition coefficient (Wildman–Crippen LogP) is 1.72. The van der Waals surface area contributed by atoms with Crippen LogP contribution in [0.2, 0.25) is 0 Å². The summed E-state index contributed by atoms with van der Waals surface area (Å²) in [5, 5.41) is 3.34. The highest BCUT2D eigenvalue weighted by Crippen LogP contribution is 2.15. The number of amides is 1. The Morgan fingerprint density at radius 1 is 1.05 bits per heavy atom. The molecule has 1 aromatic rings. The first-order chi connectivity index (χ1) is 10.3. The molecule has 0 spiro atoms. The van der Waals surface area contributed by atoms with Crippen molar-refractivity contribution in [2.75, 3.05) is 39.3 Å². The van der Waals surface area contributed by atoms with Gasteiger partial charge in [0, 0.05) is 31.7 Å². The summed E-state index contributed by atoms with van der Waals surface area (Å²) in [6.07, 6.45) is 3.65. The minimum atomic E-state index is 0.182. The van der Waals surface area contributed by atoms with Crippen LogP contribution in [-0.4, -0.2) is 55.0 Å². The maximum absolute atomic E-state index is 12.6. The summed E-state index contributed by atoms with van der Waals surface area (Å²) in [5.74, 6) is 0.182. The lowest BCUT2D eigenvalue weighted by Crippen LogP contribution is -2.34. The lowest BCUT2D eigenvalue weighted by molar-refractivity contribution is 0.0766. The van der Waals surface area contributed by atoms with Gasteiger partial charge in [-0.15, -0.1) is 0 Å². The zero-order valence-electron chi connectivity index (χ0n) is 12.7. The van der Waals surface area contributed by atoms with Crippen LogP contribution in [0, 0.1) is 0 Å². The maximum atomic E-state index is 12.6. The first kappa shape index (κ1) is 14.5. The van der Waals surface area contributed by atoms with Crippen LogP contribution in [0.15, 0.2) is 24.3 Å². The average Bonchev–Trinajstić information content (AvgIpc) is 2.87. The number of rotatable bonds is 3. The molecule has 1 N–H and O–H groups in total. The molecular weight excluding hydrogens is 262 g/mol. The van der Waals surface area contributed by atoms with E-state index >= 15 is 0 Å². The molecule has 114 valence electrons. The molecule has 0 bridgehead atoms. The van der Waals surface area contributed by atoms with Crippen LogP contribution in [-0.2, 0) is 6.54 Å². The molecule has 3 rings (SSSR count). The average molecular weight is 287 g/mol. The van der Waals surface area contributed by atoms with Gasteiger partial charge >= 0.3 is 0 Å². The fourth-order valence-electron chi connectivity index (χ4n) is 3.23. The monoisotopic (exact) mass is 287 g/mol. The molecule has 4 nitrogen and oxygen atoms in total. The van der Waals surface area contributed by atoms with Crippen molar-refractivity contribution in [2.45, 2.75) is 25.8 Å². The Bertz CT molecular complexity index is 475. The van der Waals surface area contributed by atoms with Crippen LogP contribution >= 0.6 is 0 Å². The van der Waals surface area contributed by atoms with Gasteiger partial charge in [-0.05, 0) is 56.6 Å². The van der Waals surface area contributed by atoms with E-state index in [9.17, 15) is 4.79 Å². The third kappa shape index (κ3) is 3.83. The molecule has 1 amide bonds. The Hall–Kier alpha value is -1.39. The highest BCUT2D eigenvalue weighted by molar-refractivity contribution is 5.94. The van der Waals surface area contributed by atoms with Gasteiger partial charge in [-0.25, -0.2) is 0 Å². The van der Waals surface area contributed by atoms with Crippen LogP contribution in [0.25, 0.3) is 0 Å². The Kier molecular flexibility index (Phi) is 4.88. The first-order valence-electron chi connectivity index (χ1n) is 8.14. The molecule has 0 aliphatic carbocycles. The van der Waals surface area contributed by atoms with E-state index in [2.05, 4.69) is 22.3 Å². The second kappa shape index (κ2) is 7.05. The lowest BCUT2D eigenvalue weighted by Gasteiger charge is -2.21. The molecule has 0 saturated carbocycles. The first-order valence-corrected chi connectivity index (χ1v) is 8.14. The van der Waals surface area contributed by atoms with E-state index in [4.69, 9.17) is 0 Å².